The molecule has 1 heterocycles. The Morgan fingerprint density at radius 2 is 1.95 bits per heavy atom. The summed E-state index contributed by atoms with van der Waals surface area (Å²) in [7, 11) is 0. The number of hydrogen-bond donors (Lipinski definition) is 2. The molecule has 0 saturated heterocycles. The normalized spacial score (nSPS) is 10.7. The van der Waals surface area contributed by atoms with Crippen molar-refractivity contribution in [2.45, 2.75) is 26.8 Å². The van der Waals surface area contributed by atoms with Crippen molar-refractivity contribution < 1.29 is 9.18 Å². The summed E-state index contributed by atoms with van der Waals surface area (Å²) in [6, 6.07) is 6.07. The maximum absolute atomic E-state index is 12.8. The van der Waals surface area contributed by atoms with Crippen molar-refractivity contribution in [3.63, 3.8) is 0 Å². The van der Waals surface area contributed by atoms with E-state index in [1.807, 2.05) is 13.8 Å². The maximum atomic E-state index is 12.8. The van der Waals surface area contributed by atoms with Crippen LogP contribution in [-0.4, -0.2) is 16.9 Å². The first-order valence-electron chi connectivity index (χ1n) is 6.26. The number of benzene rings is 1. The van der Waals surface area contributed by atoms with Crippen LogP contribution in [0.3, 0.4) is 0 Å². The van der Waals surface area contributed by atoms with Crippen LogP contribution in [-0.2, 0) is 0 Å². The van der Waals surface area contributed by atoms with Crippen molar-refractivity contribution >= 4 is 28.1 Å². The van der Waals surface area contributed by atoms with Crippen LogP contribution in [0.25, 0.3) is 0 Å². The van der Waals surface area contributed by atoms with E-state index in [2.05, 4.69) is 15.6 Å². The van der Waals surface area contributed by atoms with Crippen LogP contribution in [0, 0.1) is 12.7 Å². The number of aryl methyl sites for hydroxylation is 1. The summed E-state index contributed by atoms with van der Waals surface area (Å²) in [4.78, 5) is 16.9. The third-order valence-electron chi connectivity index (χ3n) is 2.52. The van der Waals surface area contributed by atoms with Crippen molar-refractivity contribution in [2.75, 3.05) is 5.32 Å². The predicted molar refractivity (Wildman–Crippen MR) is 79.1 cm³/mol. The van der Waals surface area contributed by atoms with Gasteiger partial charge in [0, 0.05) is 11.7 Å². The molecule has 4 nitrogen and oxygen atoms in total. The minimum Gasteiger partial charge on any atom is -0.349 e. The van der Waals surface area contributed by atoms with Crippen LogP contribution < -0.4 is 10.6 Å². The van der Waals surface area contributed by atoms with Crippen LogP contribution in [0.4, 0.5) is 15.2 Å². The first-order valence-corrected chi connectivity index (χ1v) is 7.08. The Balaban J connectivity index is 2.14. The zero-order chi connectivity index (χ0) is 14.7. The van der Waals surface area contributed by atoms with Gasteiger partial charge in [-0.3, -0.25) is 4.79 Å². The molecule has 0 saturated carbocycles. The molecule has 6 heteroatoms. The second-order valence-corrected chi connectivity index (χ2v) is 5.69. The van der Waals surface area contributed by atoms with E-state index in [0.717, 1.165) is 5.69 Å². The molecule has 0 aliphatic carbocycles. The fraction of sp³-hybridized carbons (Fsp3) is 0.286. The van der Waals surface area contributed by atoms with Gasteiger partial charge in [0.1, 0.15) is 10.7 Å². The molecular weight excluding hydrogens is 277 g/mol. The van der Waals surface area contributed by atoms with Gasteiger partial charge in [0.25, 0.3) is 5.91 Å². The Labute approximate surface area is 121 Å². The SMILES string of the molecule is Cc1nc(Nc2ccc(F)cc2)sc1C(=O)NC(C)C. The average molecular weight is 293 g/mol. The Hall–Kier alpha value is -1.95. The highest BCUT2D eigenvalue weighted by atomic mass is 32.1. The average Bonchev–Trinajstić information content (AvgIpc) is 2.72. The highest BCUT2D eigenvalue weighted by Gasteiger charge is 2.15. The summed E-state index contributed by atoms with van der Waals surface area (Å²) in [5, 5.41) is 6.51. The lowest BCUT2D eigenvalue weighted by Crippen LogP contribution is -2.29. The number of carbonyl (C=O) groups excluding carboxylic acids is 1. The third kappa shape index (κ3) is 3.54. The minimum atomic E-state index is -0.289. The lowest BCUT2D eigenvalue weighted by molar-refractivity contribution is 0.0946. The molecular formula is C14H16FN3OS. The fourth-order valence-corrected chi connectivity index (χ4v) is 2.53. The molecule has 0 unspecified atom stereocenters. The van der Waals surface area contributed by atoms with Crippen molar-refractivity contribution in [1.29, 1.82) is 0 Å². The summed E-state index contributed by atoms with van der Waals surface area (Å²) >= 11 is 1.28. The molecule has 0 spiro atoms. The second-order valence-electron chi connectivity index (χ2n) is 4.69. The van der Waals surface area contributed by atoms with E-state index in [0.29, 0.717) is 15.7 Å². The molecule has 0 fully saturated rings. The number of nitrogens with one attached hydrogen (secondary N) is 2. The van der Waals surface area contributed by atoms with Gasteiger partial charge >= 0.3 is 0 Å². The van der Waals surface area contributed by atoms with Crippen LogP contribution in [0.5, 0.6) is 0 Å². The van der Waals surface area contributed by atoms with Gasteiger partial charge in [-0.2, -0.15) is 0 Å². The van der Waals surface area contributed by atoms with Crippen LogP contribution in [0.1, 0.15) is 29.2 Å². The molecule has 20 heavy (non-hydrogen) atoms. The number of thiazole rings is 1. The van der Waals surface area contributed by atoms with Crippen molar-refractivity contribution in [3.8, 4) is 0 Å². The topological polar surface area (TPSA) is 54.0 Å². The molecule has 0 aliphatic rings. The molecule has 106 valence electrons. The predicted octanol–water partition coefficient (Wildman–Crippen LogP) is 3.47. The van der Waals surface area contributed by atoms with Crippen molar-refractivity contribution in [2.24, 2.45) is 0 Å². The number of carbonyl (C=O) groups is 1. The monoisotopic (exact) mass is 293 g/mol. The Morgan fingerprint density at radius 1 is 1.30 bits per heavy atom. The van der Waals surface area contributed by atoms with E-state index in [9.17, 15) is 9.18 Å². The van der Waals surface area contributed by atoms with E-state index in [-0.39, 0.29) is 17.8 Å². The van der Waals surface area contributed by atoms with Gasteiger partial charge < -0.3 is 10.6 Å². The number of rotatable bonds is 4. The lowest BCUT2D eigenvalue weighted by Gasteiger charge is -2.06. The van der Waals surface area contributed by atoms with Crippen LogP contribution >= 0.6 is 11.3 Å². The highest BCUT2D eigenvalue weighted by molar-refractivity contribution is 7.17. The molecule has 2 rings (SSSR count). The van der Waals surface area contributed by atoms with Gasteiger partial charge in [-0.15, -0.1) is 0 Å². The molecule has 0 atom stereocenters. The molecule has 2 N–H and O–H groups in total. The number of anilines is 2. The fourth-order valence-electron chi connectivity index (χ4n) is 1.64. The summed E-state index contributed by atoms with van der Waals surface area (Å²) in [5.74, 6) is -0.412. The maximum Gasteiger partial charge on any atom is 0.263 e. The minimum absolute atomic E-state index is 0.0810. The zero-order valence-corrected chi connectivity index (χ0v) is 12.3. The number of hydrogen-bond acceptors (Lipinski definition) is 4. The third-order valence-corrected chi connectivity index (χ3v) is 3.59. The molecule has 2 aromatic rings. The van der Waals surface area contributed by atoms with Crippen molar-refractivity contribution in [3.05, 3.63) is 40.7 Å². The Morgan fingerprint density at radius 3 is 2.55 bits per heavy atom. The highest BCUT2D eigenvalue weighted by Crippen LogP contribution is 2.25. The van der Waals surface area contributed by atoms with E-state index in [1.54, 1.807) is 19.1 Å². The standard InChI is InChI=1S/C14H16FN3OS/c1-8(2)16-13(19)12-9(3)17-14(20-12)18-11-6-4-10(15)5-7-11/h4-8H,1-3H3,(H,16,19)(H,17,18). The second kappa shape index (κ2) is 6.00. The molecule has 1 amide bonds. The molecule has 0 aliphatic heterocycles. The Kier molecular flexibility index (Phi) is 4.34. The molecule has 0 radical (unpaired) electrons. The van der Waals surface area contributed by atoms with E-state index >= 15 is 0 Å². The largest absolute Gasteiger partial charge is 0.349 e. The number of amides is 1. The summed E-state index contributed by atoms with van der Waals surface area (Å²) < 4.78 is 12.8. The van der Waals surface area contributed by atoms with Gasteiger partial charge in [0.05, 0.1) is 5.69 Å². The smallest absolute Gasteiger partial charge is 0.263 e. The Bertz CT molecular complexity index is 607. The number of nitrogens with zero attached hydrogens (tertiary/aromatic N) is 1. The van der Waals surface area contributed by atoms with Crippen LogP contribution in [0.2, 0.25) is 0 Å². The first kappa shape index (κ1) is 14.5. The van der Waals surface area contributed by atoms with Gasteiger partial charge in [0.15, 0.2) is 5.13 Å². The molecule has 0 bridgehead atoms. The summed E-state index contributed by atoms with van der Waals surface area (Å²) in [6.45, 7) is 5.61. The molecule has 1 aromatic heterocycles. The number of halogens is 1. The lowest BCUT2D eigenvalue weighted by atomic mass is 10.3. The first-order chi connectivity index (χ1) is 9.45. The van der Waals surface area contributed by atoms with E-state index in [4.69, 9.17) is 0 Å². The van der Waals surface area contributed by atoms with Gasteiger partial charge in [0.2, 0.25) is 0 Å². The molecule has 1 aromatic carbocycles. The van der Waals surface area contributed by atoms with Crippen molar-refractivity contribution in [1.82, 2.24) is 10.3 Å². The van der Waals surface area contributed by atoms with Gasteiger partial charge in [-0.05, 0) is 45.0 Å². The number of aromatic nitrogens is 1. The van der Waals surface area contributed by atoms with Crippen LogP contribution in [0.15, 0.2) is 24.3 Å². The zero-order valence-electron chi connectivity index (χ0n) is 11.5. The summed E-state index contributed by atoms with van der Waals surface area (Å²) in [6.07, 6.45) is 0. The van der Waals surface area contributed by atoms with E-state index < -0.39 is 0 Å². The van der Waals surface area contributed by atoms with E-state index in [1.165, 1.54) is 23.5 Å². The quantitative estimate of drug-likeness (QED) is 0.907. The summed E-state index contributed by atoms with van der Waals surface area (Å²) in [5.41, 5.74) is 1.41. The van der Waals surface area contributed by atoms with Gasteiger partial charge in [-0.1, -0.05) is 11.3 Å². The van der Waals surface area contributed by atoms with Gasteiger partial charge in [-0.25, -0.2) is 9.37 Å².